The highest BCUT2D eigenvalue weighted by Gasteiger charge is 2.19. The van der Waals surface area contributed by atoms with Crippen LogP contribution in [0.2, 0.25) is 0 Å². The average Bonchev–Trinajstić information content (AvgIpc) is 3.32. The molecule has 1 aliphatic carbocycles. The number of para-hydroxylation sites is 2. The van der Waals surface area contributed by atoms with Crippen molar-refractivity contribution < 1.29 is 0 Å². The molecule has 4 aromatic carbocycles. The van der Waals surface area contributed by atoms with Crippen molar-refractivity contribution in [1.29, 1.82) is 0 Å². The van der Waals surface area contributed by atoms with Crippen molar-refractivity contribution in [2.75, 3.05) is 0 Å². The fourth-order valence-electron chi connectivity index (χ4n) is 5.37. The minimum Gasteiger partial charge on any atom is -0.333 e. The van der Waals surface area contributed by atoms with Crippen LogP contribution >= 0.6 is 0 Å². The molecule has 176 valence electrons. The fourth-order valence-corrected chi connectivity index (χ4v) is 5.37. The van der Waals surface area contributed by atoms with E-state index in [1.807, 2.05) is 12.1 Å². The van der Waals surface area contributed by atoms with E-state index in [1.54, 1.807) is 0 Å². The van der Waals surface area contributed by atoms with Crippen molar-refractivity contribution >= 4 is 27.4 Å². The van der Waals surface area contributed by atoms with Gasteiger partial charge in [-0.1, -0.05) is 115 Å². The molecule has 7 rings (SSSR count). The zero-order chi connectivity index (χ0) is 24.6. The molecular formula is C34H25N3. The van der Waals surface area contributed by atoms with Crippen molar-refractivity contribution in [3.05, 3.63) is 139 Å². The molecule has 0 amide bonds. The molecule has 0 fully saturated rings. The van der Waals surface area contributed by atoms with Gasteiger partial charge in [0, 0.05) is 38.5 Å². The van der Waals surface area contributed by atoms with Gasteiger partial charge < -0.3 is 4.57 Å². The average molecular weight is 476 g/mol. The van der Waals surface area contributed by atoms with Gasteiger partial charge in [-0.05, 0) is 24.6 Å². The maximum Gasteiger partial charge on any atom is 0.160 e. The van der Waals surface area contributed by atoms with Crippen molar-refractivity contribution in [2.45, 2.75) is 12.5 Å². The minimum atomic E-state index is 0.236. The highest BCUT2D eigenvalue weighted by molar-refractivity contribution is 6.08. The molecule has 0 spiro atoms. The number of benzene rings is 4. The molecule has 1 unspecified atom stereocenters. The van der Waals surface area contributed by atoms with Crippen LogP contribution in [-0.2, 0) is 0 Å². The normalized spacial score (nSPS) is 15.2. The first kappa shape index (κ1) is 21.5. The molecule has 0 radical (unpaired) electrons. The van der Waals surface area contributed by atoms with E-state index in [9.17, 15) is 0 Å². The third-order valence-corrected chi connectivity index (χ3v) is 7.15. The van der Waals surface area contributed by atoms with Crippen LogP contribution < -0.4 is 0 Å². The Bertz CT molecular complexity index is 1680. The monoisotopic (exact) mass is 475 g/mol. The number of fused-ring (bicyclic) bond motifs is 3. The summed E-state index contributed by atoms with van der Waals surface area (Å²) in [4.78, 5) is 10.0. The number of nitrogens with zero attached hydrogens (tertiary/aromatic N) is 3. The van der Waals surface area contributed by atoms with Crippen molar-refractivity contribution in [1.82, 2.24) is 14.5 Å². The van der Waals surface area contributed by atoms with E-state index in [0.29, 0.717) is 0 Å². The molecule has 2 aromatic heterocycles. The van der Waals surface area contributed by atoms with Gasteiger partial charge in [-0.3, -0.25) is 0 Å². The topological polar surface area (TPSA) is 30.7 Å². The quantitative estimate of drug-likeness (QED) is 0.256. The van der Waals surface area contributed by atoms with Crippen LogP contribution in [0.25, 0.3) is 49.9 Å². The van der Waals surface area contributed by atoms with Crippen LogP contribution in [0.1, 0.15) is 18.3 Å². The SMILES string of the molecule is C1=CC(n2c3ccccc3c3ccccc32)CC=C1c1nc(-c2ccccc2)cc(-c2ccccc2)n1. The van der Waals surface area contributed by atoms with Crippen molar-refractivity contribution in [2.24, 2.45) is 0 Å². The molecule has 0 aliphatic heterocycles. The Kier molecular flexibility index (Phi) is 5.25. The highest BCUT2D eigenvalue weighted by Crippen LogP contribution is 2.36. The molecule has 2 heterocycles. The van der Waals surface area contributed by atoms with E-state index in [4.69, 9.17) is 9.97 Å². The molecule has 3 nitrogen and oxygen atoms in total. The largest absolute Gasteiger partial charge is 0.333 e. The Morgan fingerprint density at radius 3 is 1.62 bits per heavy atom. The second-order valence-electron chi connectivity index (χ2n) is 9.42. The van der Waals surface area contributed by atoms with Crippen LogP contribution in [0.4, 0.5) is 0 Å². The third kappa shape index (κ3) is 3.85. The first-order valence-electron chi connectivity index (χ1n) is 12.7. The van der Waals surface area contributed by atoms with Gasteiger partial charge in [0.2, 0.25) is 0 Å². The summed E-state index contributed by atoms with van der Waals surface area (Å²) < 4.78 is 2.46. The van der Waals surface area contributed by atoms with Crippen molar-refractivity contribution in [3.63, 3.8) is 0 Å². The summed E-state index contributed by atoms with van der Waals surface area (Å²) in [6, 6.07) is 40.4. The molecule has 0 bridgehead atoms. The summed E-state index contributed by atoms with van der Waals surface area (Å²) in [6.45, 7) is 0. The van der Waals surface area contributed by atoms with Crippen LogP contribution in [0, 0.1) is 0 Å². The number of hydrogen-bond donors (Lipinski definition) is 0. The van der Waals surface area contributed by atoms with Gasteiger partial charge in [-0.15, -0.1) is 0 Å². The Hall–Kier alpha value is -4.76. The van der Waals surface area contributed by atoms with Crippen molar-refractivity contribution in [3.8, 4) is 22.5 Å². The first-order valence-corrected chi connectivity index (χ1v) is 12.7. The van der Waals surface area contributed by atoms with E-state index in [0.717, 1.165) is 40.3 Å². The molecule has 0 saturated carbocycles. The van der Waals surface area contributed by atoms with Crippen LogP contribution in [0.15, 0.2) is 133 Å². The number of rotatable bonds is 4. The number of hydrogen-bond acceptors (Lipinski definition) is 2. The third-order valence-electron chi connectivity index (χ3n) is 7.15. The lowest BCUT2D eigenvalue weighted by Crippen LogP contribution is -2.09. The van der Waals surface area contributed by atoms with Gasteiger partial charge in [0.05, 0.1) is 17.4 Å². The molecule has 1 aliphatic rings. The summed E-state index contributed by atoms with van der Waals surface area (Å²) >= 11 is 0. The maximum absolute atomic E-state index is 5.00. The lowest BCUT2D eigenvalue weighted by atomic mass is 10.0. The second kappa shape index (κ2) is 9.03. The van der Waals surface area contributed by atoms with Crippen LogP contribution in [0.3, 0.4) is 0 Å². The summed E-state index contributed by atoms with van der Waals surface area (Å²) in [7, 11) is 0. The Morgan fingerprint density at radius 1 is 0.595 bits per heavy atom. The lowest BCUT2D eigenvalue weighted by Gasteiger charge is -2.20. The van der Waals surface area contributed by atoms with Gasteiger partial charge in [-0.25, -0.2) is 9.97 Å². The molecular weight excluding hydrogens is 450 g/mol. The van der Waals surface area contributed by atoms with E-state index in [1.165, 1.54) is 21.8 Å². The molecule has 0 saturated heterocycles. The smallest absolute Gasteiger partial charge is 0.160 e. The zero-order valence-corrected chi connectivity index (χ0v) is 20.3. The Balaban J connectivity index is 1.30. The summed E-state index contributed by atoms with van der Waals surface area (Å²) in [6.07, 6.45) is 7.66. The van der Waals surface area contributed by atoms with E-state index < -0.39 is 0 Å². The summed E-state index contributed by atoms with van der Waals surface area (Å²) in [5.41, 5.74) is 7.64. The van der Waals surface area contributed by atoms with Gasteiger partial charge in [0.25, 0.3) is 0 Å². The summed E-state index contributed by atoms with van der Waals surface area (Å²) in [5.74, 6) is 0.761. The molecule has 6 aromatic rings. The Labute approximate surface area is 216 Å². The summed E-state index contributed by atoms with van der Waals surface area (Å²) in [5, 5.41) is 2.60. The van der Waals surface area contributed by atoms with Gasteiger partial charge in [0.15, 0.2) is 5.82 Å². The zero-order valence-electron chi connectivity index (χ0n) is 20.3. The second-order valence-corrected chi connectivity index (χ2v) is 9.42. The molecule has 37 heavy (non-hydrogen) atoms. The van der Waals surface area contributed by atoms with Gasteiger partial charge in [-0.2, -0.15) is 0 Å². The maximum atomic E-state index is 5.00. The van der Waals surface area contributed by atoms with E-state index in [-0.39, 0.29) is 6.04 Å². The molecule has 3 heteroatoms. The number of allylic oxidation sites excluding steroid dienone is 4. The molecule has 1 atom stereocenters. The minimum absolute atomic E-state index is 0.236. The molecule has 0 N–H and O–H groups in total. The standard InChI is InChI=1S/C34H25N3/c1-3-11-24(12-4-1)30-23-31(25-13-5-2-6-14-25)36-34(35-30)26-19-21-27(22-20-26)37-32-17-9-7-15-28(32)29-16-8-10-18-33(29)37/h1-21,23,27H,22H2. The van der Waals surface area contributed by atoms with Crippen LogP contribution in [0.5, 0.6) is 0 Å². The fraction of sp³-hybridized carbons (Fsp3) is 0.0588. The Morgan fingerprint density at radius 2 is 1.11 bits per heavy atom. The number of aromatic nitrogens is 3. The highest BCUT2D eigenvalue weighted by atomic mass is 15.0. The van der Waals surface area contributed by atoms with Gasteiger partial charge >= 0.3 is 0 Å². The first-order chi connectivity index (χ1) is 18.3. The predicted molar refractivity (Wildman–Crippen MR) is 153 cm³/mol. The van der Waals surface area contributed by atoms with Gasteiger partial charge in [0.1, 0.15) is 0 Å². The van der Waals surface area contributed by atoms with E-state index in [2.05, 4.69) is 126 Å². The van der Waals surface area contributed by atoms with Crippen LogP contribution in [-0.4, -0.2) is 14.5 Å². The lowest BCUT2D eigenvalue weighted by molar-refractivity contribution is 0.649. The predicted octanol–water partition coefficient (Wildman–Crippen LogP) is 8.50. The van der Waals surface area contributed by atoms with E-state index >= 15 is 0 Å².